The Kier molecular flexibility index (Phi) is 8.35. The van der Waals surface area contributed by atoms with Crippen molar-refractivity contribution in [2.24, 2.45) is 0 Å². The van der Waals surface area contributed by atoms with Crippen molar-refractivity contribution in [2.45, 2.75) is 6.92 Å². The van der Waals surface area contributed by atoms with Crippen LogP contribution in [0.3, 0.4) is 0 Å². The van der Waals surface area contributed by atoms with Gasteiger partial charge in [-0.25, -0.2) is 14.3 Å². The fourth-order valence-electron chi connectivity index (χ4n) is 4.29. The lowest BCUT2D eigenvalue weighted by Gasteiger charge is -2.33. The molecule has 9 nitrogen and oxygen atoms in total. The number of para-hydroxylation sites is 1. The Labute approximate surface area is 211 Å². The molecule has 0 aliphatic carbocycles. The second-order valence-electron chi connectivity index (χ2n) is 8.45. The summed E-state index contributed by atoms with van der Waals surface area (Å²) in [5.41, 5.74) is 1.65. The van der Waals surface area contributed by atoms with Crippen LogP contribution in [0.2, 0.25) is 0 Å². The third-order valence-corrected chi connectivity index (χ3v) is 6.37. The lowest BCUT2D eigenvalue weighted by atomic mass is 10.1. The largest absolute Gasteiger partial charge is 0.492 e. The van der Waals surface area contributed by atoms with Crippen LogP contribution in [0.15, 0.2) is 54.6 Å². The molecule has 4 rings (SSSR count). The maximum atomic E-state index is 12.8. The number of esters is 2. The molecule has 0 radical (unpaired) electrons. The number of hydrogen-bond donors (Lipinski definition) is 0. The Balaban J connectivity index is 1.55. The van der Waals surface area contributed by atoms with E-state index in [4.69, 9.17) is 14.2 Å². The van der Waals surface area contributed by atoms with Crippen molar-refractivity contribution >= 4 is 11.9 Å². The van der Waals surface area contributed by atoms with Crippen LogP contribution in [0.25, 0.3) is 16.9 Å². The summed E-state index contributed by atoms with van der Waals surface area (Å²) in [6.45, 7) is 9.05. The van der Waals surface area contributed by atoms with Crippen LogP contribution in [0.1, 0.15) is 27.8 Å². The summed E-state index contributed by atoms with van der Waals surface area (Å²) in [4.78, 5) is 30.3. The third-order valence-electron chi connectivity index (χ3n) is 6.37. The summed E-state index contributed by atoms with van der Waals surface area (Å²) in [5.74, 6) is -0.630. The summed E-state index contributed by atoms with van der Waals surface area (Å²) in [5, 5.41) is 4.62. The molecule has 2 aromatic carbocycles. The van der Waals surface area contributed by atoms with Gasteiger partial charge in [-0.05, 0) is 42.9 Å². The van der Waals surface area contributed by atoms with E-state index in [1.165, 1.54) is 18.9 Å². The zero-order valence-corrected chi connectivity index (χ0v) is 21.0. The molecule has 1 aliphatic heterocycles. The van der Waals surface area contributed by atoms with Crippen LogP contribution in [0.4, 0.5) is 0 Å². The average Bonchev–Trinajstić information content (AvgIpc) is 3.34. The maximum absolute atomic E-state index is 12.8. The Morgan fingerprint density at radius 3 is 2.11 bits per heavy atom. The second kappa shape index (κ2) is 11.8. The van der Waals surface area contributed by atoms with Crippen LogP contribution in [-0.4, -0.2) is 91.6 Å². The van der Waals surface area contributed by atoms with Gasteiger partial charge in [0.1, 0.15) is 23.6 Å². The highest BCUT2D eigenvalue weighted by atomic mass is 16.5. The highest BCUT2D eigenvalue weighted by molar-refractivity contribution is 6.06. The van der Waals surface area contributed by atoms with Crippen LogP contribution in [0, 0.1) is 0 Å². The molecule has 1 aliphatic rings. The van der Waals surface area contributed by atoms with E-state index in [1.807, 2.05) is 42.5 Å². The van der Waals surface area contributed by atoms with Gasteiger partial charge in [-0.1, -0.05) is 25.1 Å². The third kappa shape index (κ3) is 5.58. The Bertz CT molecular complexity index is 1170. The Hall–Kier alpha value is -3.69. The lowest BCUT2D eigenvalue weighted by Crippen LogP contribution is -2.47. The van der Waals surface area contributed by atoms with Gasteiger partial charge in [0.05, 0.1) is 19.9 Å². The molecule has 36 heavy (non-hydrogen) atoms. The van der Waals surface area contributed by atoms with Crippen molar-refractivity contribution < 1.29 is 23.8 Å². The standard InChI is InChI=1S/C27H32N4O5/c1-4-29-14-16-30(17-15-29)18-19-36-22-12-10-20(11-13-22)24-23(26(32)34-2)25(27(33)35-3)31(28-24)21-8-6-5-7-9-21/h5-13H,4,14-19H2,1-3H3. The molecule has 0 spiro atoms. The van der Waals surface area contributed by atoms with Crippen LogP contribution in [-0.2, 0) is 9.47 Å². The number of likely N-dealkylation sites (N-methyl/N-ethyl adjacent to an activating group) is 1. The molecule has 1 saturated heterocycles. The Morgan fingerprint density at radius 1 is 0.861 bits per heavy atom. The molecular formula is C27H32N4O5. The number of aromatic nitrogens is 2. The number of rotatable bonds is 9. The van der Waals surface area contributed by atoms with E-state index in [2.05, 4.69) is 21.8 Å². The first-order valence-electron chi connectivity index (χ1n) is 12.1. The summed E-state index contributed by atoms with van der Waals surface area (Å²) in [7, 11) is 2.54. The van der Waals surface area contributed by atoms with Gasteiger partial charge < -0.3 is 19.1 Å². The number of nitrogens with zero attached hydrogens (tertiary/aromatic N) is 4. The molecule has 0 bridgehead atoms. The normalized spacial score (nSPS) is 14.4. The van der Waals surface area contributed by atoms with Crippen molar-refractivity contribution in [1.82, 2.24) is 19.6 Å². The van der Waals surface area contributed by atoms with Crippen molar-refractivity contribution in [2.75, 3.05) is 60.1 Å². The zero-order chi connectivity index (χ0) is 25.5. The first-order chi connectivity index (χ1) is 17.5. The molecule has 2 heterocycles. The van der Waals surface area contributed by atoms with Gasteiger partial charge in [-0.3, -0.25) is 4.90 Å². The number of carbonyl (C=O) groups excluding carboxylic acids is 2. The van der Waals surface area contributed by atoms with Gasteiger partial charge in [0.25, 0.3) is 0 Å². The number of carbonyl (C=O) groups is 2. The number of piperazine rings is 1. The molecule has 0 amide bonds. The van der Waals surface area contributed by atoms with E-state index in [-0.39, 0.29) is 11.3 Å². The molecule has 9 heteroatoms. The smallest absolute Gasteiger partial charge is 0.357 e. The molecular weight excluding hydrogens is 460 g/mol. The Morgan fingerprint density at radius 2 is 1.50 bits per heavy atom. The minimum absolute atomic E-state index is 0.00838. The predicted molar refractivity (Wildman–Crippen MR) is 136 cm³/mol. The number of hydrogen-bond acceptors (Lipinski definition) is 8. The van der Waals surface area contributed by atoms with Gasteiger partial charge >= 0.3 is 11.9 Å². The molecule has 190 valence electrons. The molecule has 0 saturated carbocycles. The van der Waals surface area contributed by atoms with E-state index in [0.29, 0.717) is 23.6 Å². The van der Waals surface area contributed by atoms with E-state index in [0.717, 1.165) is 45.0 Å². The van der Waals surface area contributed by atoms with E-state index in [9.17, 15) is 9.59 Å². The SMILES string of the molecule is CCN1CCN(CCOc2ccc(-c3nn(-c4ccccc4)c(C(=O)OC)c3C(=O)OC)cc2)CC1. The molecule has 0 atom stereocenters. The van der Waals surface area contributed by atoms with Crippen LogP contribution < -0.4 is 4.74 Å². The summed E-state index contributed by atoms with van der Waals surface area (Å²) in [6, 6.07) is 16.4. The van der Waals surface area contributed by atoms with Crippen LogP contribution in [0.5, 0.6) is 5.75 Å². The number of ether oxygens (including phenoxy) is 3. The van der Waals surface area contributed by atoms with E-state index < -0.39 is 11.9 Å². The maximum Gasteiger partial charge on any atom is 0.357 e. The highest BCUT2D eigenvalue weighted by Crippen LogP contribution is 2.30. The van der Waals surface area contributed by atoms with Crippen molar-refractivity contribution in [3.05, 3.63) is 65.9 Å². The first kappa shape index (κ1) is 25.4. The lowest BCUT2D eigenvalue weighted by molar-refractivity contribution is 0.0549. The van der Waals surface area contributed by atoms with Gasteiger partial charge in [0.15, 0.2) is 5.69 Å². The zero-order valence-electron chi connectivity index (χ0n) is 21.0. The summed E-state index contributed by atoms with van der Waals surface area (Å²) < 4.78 is 17.3. The molecule has 0 N–H and O–H groups in total. The molecule has 0 unspecified atom stereocenters. The number of benzene rings is 2. The van der Waals surface area contributed by atoms with Crippen molar-refractivity contribution in [3.8, 4) is 22.7 Å². The average molecular weight is 493 g/mol. The van der Waals surface area contributed by atoms with E-state index >= 15 is 0 Å². The first-order valence-corrected chi connectivity index (χ1v) is 12.1. The predicted octanol–water partition coefficient (Wildman–Crippen LogP) is 3.13. The minimum Gasteiger partial charge on any atom is -0.492 e. The van der Waals surface area contributed by atoms with Crippen LogP contribution >= 0.6 is 0 Å². The topological polar surface area (TPSA) is 86.1 Å². The highest BCUT2D eigenvalue weighted by Gasteiger charge is 2.31. The fourth-order valence-corrected chi connectivity index (χ4v) is 4.29. The minimum atomic E-state index is -0.683. The van der Waals surface area contributed by atoms with Crippen molar-refractivity contribution in [1.29, 1.82) is 0 Å². The molecule has 3 aromatic rings. The monoisotopic (exact) mass is 492 g/mol. The van der Waals surface area contributed by atoms with Gasteiger partial charge in [0.2, 0.25) is 0 Å². The summed E-state index contributed by atoms with van der Waals surface area (Å²) >= 11 is 0. The molecule has 1 aromatic heterocycles. The quantitative estimate of drug-likeness (QED) is 0.421. The second-order valence-corrected chi connectivity index (χ2v) is 8.45. The summed E-state index contributed by atoms with van der Waals surface area (Å²) in [6.07, 6.45) is 0. The van der Waals surface area contributed by atoms with Gasteiger partial charge in [-0.15, -0.1) is 0 Å². The van der Waals surface area contributed by atoms with Gasteiger partial charge in [0, 0.05) is 38.3 Å². The fraction of sp³-hybridized carbons (Fsp3) is 0.370. The van der Waals surface area contributed by atoms with Gasteiger partial charge in [-0.2, -0.15) is 5.10 Å². The number of methoxy groups -OCH3 is 2. The molecule has 1 fully saturated rings. The van der Waals surface area contributed by atoms with E-state index in [1.54, 1.807) is 12.1 Å². The van der Waals surface area contributed by atoms with Crippen molar-refractivity contribution in [3.63, 3.8) is 0 Å².